The number of carbonyl (C=O) groups excluding carboxylic acids is 2. The van der Waals surface area contributed by atoms with Crippen LogP contribution in [-0.4, -0.2) is 42.0 Å². The number of rotatable bonds is 5. The van der Waals surface area contributed by atoms with Crippen molar-refractivity contribution in [1.82, 2.24) is 15.5 Å². The topological polar surface area (TPSA) is 61.4 Å². The van der Waals surface area contributed by atoms with E-state index in [1.54, 1.807) is 16.2 Å². The fourth-order valence-electron chi connectivity index (χ4n) is 2.82. The summed E-state index contributed by atoms with van der Waals surface area (Å²) in [6.45, 7) is 3.37. The molecule has 1 aromatic rings. The highest BCUT2D eigenvalue weighted by Crippen LogP contribution is 2.23. The fraction of sp³-hybridized carbons (Fsp3) is 0.625. The number of carbonyl (C=O) groups is 2. The predicted molar refractivity (Wildman–Crippen MR) is 87.0 cm³/mol. The molecule has 5 nitrogen and oxygen atoms in total. The molecule has 1 saturated heterocycles. The van der Waals surface area contributed by atoms with Gasteiger partial charge in [0.25, 0.3) is 0 Å². The van der Waals surface area contributed by atoms with Crippen LogP contribution in [0.5, 0.6) is 0 Å². The molecular weight excluding hydrogens is 298 g/mol. The van der Waals surface area contributed by atoms with Crippen molar-refractivity contribution in [3.8, 4) is 0 Å². The largest absolute Gasteiger partial charge is 0.352 e. The van der Waals surface area contributed by atoms with Gasteiger partial charge in [-0.1, -0.05) is 6.92 Å². The number of nitrogens with one attached hydrogen (secondary N) is 2. The highest BCUT2D eigenvalue weighted by Gasteiger charge is 2.36. The van der Waals surface area contributed by atoms with Crippen LogP contribution in [0.4, 0.5) is 4.79 Å². The van der Waals surface area contributed by atoms with Gasteiger partial charge < -0.3 is 15.5 Å². The summed E-state index contributed by atoms with van der Waals surface area (Å²) in [5.74, 6) is 0.303. The average molecular weight is 321 g/mol. The molecule has 22 heavy (non-hydrogen) atoms. The molecule has 6 heteroatoms. The van der Waals surface area contributed by atoms with Crippen molar-refractivity contribution < 1.29 is 9.59 Å². The zero-order valence-corrected chi connectivity index (χ0v) is 13.7. The maximum atomic E-state index is 12.4. The van der Waals surface area contributed by atoms with Crippen molar-refractivity contribution in [2.75, 3.05) is 13.1 Å². The van der Waals surface area contributed by atoms with Crippen LogP contribution in [0, 0.1) is 0 Å². The Kier molecular flexibility index (Phi) is 4.66. The first-order valence-electron chi connectivity index (χ1n) is 8.02. The molecule has 0 spiro atoms. The van der Waals surface area contributed by atoms with Crippen LogP contribution in [-0.2, 0) is 4.79 Å². The summed E-state index contributed by atoms with van der Waals surface area (Å²) in [5.41, 5.74) is 1.25. The normalized spacial score (nSPS) is 22.4. The predicted octanol–water partition coefficient (Wildman–Crippen LogP) is 2.30. The van der Waals surface area contributed by atoms with E-state index in [1.807, 2.05) is 5.38 Å². The van der Waals surface area contributed by atoms with Gasteiger partial charge in [0.15, 0.2) is 0 Å². The molecule has 2 atom stereocenters. The number of urea groups is 1. The van der Waals surface area contributed by atoms with Gasteiger partial charge in [0.1, 0.15) is 6.04 Å². The van der Waals surface area contributed by atoms with Gasteiger partial charge in [-0.05, 0) is 54.0 Å². The van der Waals surface area contributed by atoms with Gasteiger partial charge in [0.2, 0.25) is 5.91 Å². The molecule has 0 bridgehead atoms. The van der Waals surface area contributed by atoms with E-state index in [1.165, 1.54) is 5.56 Å². The Bertz CT molecular complexity index is 528. The molecule has 2 fully saturated rings. The van der Waals surface area contributed by atoms with Gasteiger partial charge in [-0.25, -0.2) is 4.79 Å². The minimum atomic E-state index is -0.294. The SMILES string of the molecule is C[C@@H](CNC(=O)N1CCC[C@@H]1C(=O)NC1CC1)c1ccsc1. The molecule has 3 rings (SSSR count). The van der Waals surface area contributed by atoms with E-state index >= 15 is 0 Å². The van der Waals surface area contributed by atoms with E-state index in [0.717, 1.165) is 25.7 Å². The molecule has 0 aromatic carbocycles. The van der Waals surface area contributed by atoms with E-state index in [9.17, 15) is 9.59 Å². The van der Waals surface area contributed by atoms with Crippen LogP contribution >= 0.6 is 11.3 Å². The second kappa shape index (κ2) is 6.69. The van der Waals surface area contributed by atoms with Crippen LogP contribution in [0.1, 0.15) is 44.1 Å². The lowest BCUT2D eigenvalue weighted by Crippen LogP contribution is -2.50. The summed E-state index contributed by atoms with van der Waals surface area (Å²) in [6, 6.07) is 2.02. The van der Waals surface area contributed by atoms with Crippen molar-refractivity contribution in [2.24, 2.45) is 0 Å². The van der Waals surface area contributed by atoms with E-state index in [4.69, 9.17) is 0 Å². The van der Waals surface area contributed by atoms with Crippen molar-refractivity contribution in [2.45, 2.75) is 50.6 Å². The minimum Gasteiger partial charge on any atom is -0.352 e. The summed E-state index contributed by atoms with van der Waals surface area (Å²) in [7, 11) is 0. The molecule has 2 aliphatic rings. The number of hydrogen-bond acceptors (Lipinski definition) is 3. The van der Waals surface area contributed by atoms with Crippen LogP contribution in [0.2, 0.25) is 0 Å². The second-order valence-electron chi connectivity index (χ2n) is 6.28. The Labute approximate surface area is 135 Å². The third-order valence-electron chi connectivity index (χ3n) is 4.41. The Morgan fingerprint density at radius 3 is 2.91 bits per heavy atom. The van der Waals surface area contributed by atoms with Gasteiger partial charge in [0.05, 0.1) is 0 Å². The average Bonchev–Trinajstić information content (AvgIpc) is 3.00. The third kappa shape index (κ3) is 3.61. The molecule has 1 aliphatic heterocycles. The minimum absolute atomic E-state index is 0.0148. The number of likely N-dealkylation sites (tertiary alicyclic amines) is 1. The van der Waals surface area contributed by atoms with Crippen molar-refractivity contribution in [1.29, 1.82) is 0 Å². The molecule has 0 unspecified atom stereocenters. The van der Waals surface area contributed by atoms with E-state index in [0.29, 0.717) is 19.1 Å². The van der Waals surface area contributed by atoms with E-state index in [-0.39, 0.29) is 23.9 Å². The lowest BCUT2D eigenvalue weighted by atomic mass is 10.1. The maximum Gasteiger partial charge on any atom is 0.318 e. The molecule has 0 radical (unpaired) electrons. The van der Waals surface area contributed by atoms with Crippen molar-refractivity contribution >= 4 is 23.3 Å². The summed E-state index contributed by atoms with van der Waals surface area (Å²) >= 11 is 1.67. The van der Waals surface area contributed by atoms with Crippen LogP contribution < -0.4 is 10.6 Å². The van der Waals surface area contributed by atoms with Crippen LogP contribution in [0.3, 0.4) is 0 Å². The smallest absolute Gasteiger partial charge is 0.318 e. The fourth-order valence-corrected chi connectivity index (χ4v) is 3.60. The van der Waals surface area contributed by atoms with Crippen molar-refractivity contribution in [3.63, 3.8) is 0 Å². The van der Waals surface area contributed by atoms with E-state index in [2.05, 4.69) is 29.0 Å². The quantitative estimate of drug-likeness (QED) is 0.874. The first-order chi connectivity index (χ1) is 10.6. The summed E-state index contributed by atoms with van der Waals surface area (Å²) in [6.07, 6.45) is 3.81. The molecule has 1 saturated carbocycles. The third-order valence-corrected chi connectivity index (χ3v) is 5.11. The number of hydrogen-bond donors (Lipinski definition) is 2. The van der Waals surface area contributed by atoms with Gasteiger partial charge in [-0.3, -0.25) is 4.79 Å². The van der Waals surface area contributed by atoms with Crippen LogP contribution in [0.25, 0.3) is 0 Å². The lowest BCUT2D eigenvalue weighted by molar-refractivity contribution is -0.124. The highest BCUT2D eigenvalue weighted by molar-refractivity contribution is 7.07. The lowest BCUT2D eigenvalue weighted by Gasteiger charge is -2.25. The Morgan fingerprint density at radius 1 is 1.41 bits per heavy atom. The monoisotopic (exact) mass is 321 g/mol. The first-order valence-corrected chi connectivity index (χ1v) is 8.96. The number of nitrogens with zero attached hydrogens (tertiary/aromatic N) is 1. The standard InChI is InChI=1S/C16H23N3O2S/c1-11(12-6-8-22-10-12)9-17-16(21)19-7-2-3-14(19)15(20)18-13-4-5-13/h6,8,10-11,13-14H,2-5,7,9H2,1H3,(H,17,21)(H,18,20)/t11-,14+/m0/s1. The maximum absolute atomic E-state index is 12.4. The molecule has 2 heterocycles. The van der Waals surface area contributed by atoms with Gasteiger partial charge in [-0.2, -0.15) is 11.3 Å². The van der Waals surface area contributed by atoms with E-state index < -0.39 is 0 Å². The Balaban J connectivity index is 1.50. The number of amides is 3. The zero-order chi connectivity index (χ0) is 15.5. The van der Waals surface area contributed by atoms with Gasteiger partial charge in [-0.15, -0.1) is 0 Å². The first kappa shape index (κ1) is 15.3. The Hall–Kier alpha value is -1.56. The number of thiophene rings is 1. The Morgan fingerprint density at radius 2 is 2.23 bits per heavy atom. The summed E-state index contributed by atoms with van der Waals surface area (Å²) < 4.78 is 0. The molecule has 1 aliphatic carbocycles. The zero-order valence-electron chi connectivity index (χ0n) is 12.9. The van der Waals surface area contributed by atoms with Crippen LogP contribution in [0.15, 0.2) is 16.8 Å². The molecular formula is C16H23N3O2S. The van der Waals surface area contributed by atoms with Gasteiger partial charge >= 0.3 is 6.03 Å². The second-order valence-corrected chi connectivity index (χ2v) is 7.06. The summed E-state index contributed by atoms with van der Waals surface area (Å²) in [4.78, 5) is 26.3. The molecule has 1 aromatic heterocycles. The summed E-state index contributed by atoms with van der Waals surface area (Å²) in [5, 5.41) is 10.1. The van der Waals surface area contributed by atoms with Crippen molar-refractivity contribution in [3.05, 3.63) is 22.4 Å². The molecule has 2 N–H and O–H groups in total. The highest BCUT2D eigenvalue weighted by atomic mass is 32.1. The molecule has 120 valence electrons. The molecule has 3 amide bonds. The van der Waals surface area contributed by atoms with Gasteiger partial charge in [0, 0.05) is 19.1 Å².